The standard InChI is InChI=1S/C22H20FN3O6/c1-29-14-9-15(30-2)11-16(10-14)32-19-8-7-13(12-24-19)25-22(28)26-21(27)20-17(23)5-4-6-18(20)31-3/h4-12H,1-3H3,(H2,25,26,27,28). The number of methoxy groups -OCH3 is 3. The first kappa shape index (κ1) is 22.3. The number of halogens is 1. The number of nitrogens with zero attached hydrogens (tertiary/aromatic N) is 1. The zero-order chi connectivity index (χ0) is 23.1. The largest absolute Gasteiger partial charge is 0.496 e. The second kappa shape index (κ2) is 10.1. The van der Waals surface area contributed by atoms with Crippen molar-refractivity contribution in [2.75, 3.05) is 26.6 Å². The van der Waals surface area contributed by atoms with Gasteiger partial charge < -0.3 is 24.3 Å². The molecule has 1 heterocycles. The molecule has 2 N–H and O–H groups in total. The summed E-state index contributed by atoms with van der Waals surface area (Å²) in [5.41, 5.74) is -0.0906. The van der Waals surface area contributed by atoms with E-state index in [1.165, 1.54) is 51.8 Å². The second-order valence-electron chi connectivity index (χ2n) is 6.26. The number of anilines is 1. The van der Waals surface area contributed by atoms with Crippen molar-refractivity contribution in [3.63, 3.8) is 0 Å². The molecule has 0 atom stereocenters. The third-order valence-corrected chi connectivity index (χ3v) is 4.19. The molecule has 0 aliphatic rings. The number of rotatable bonds is 7. The summed E-state index contributed by atoms with van der Waals surface area (Å²) in [6.07, 6.45) is 1.33. The fourth-order valence-corrected chi connectivity index (χ4v) is 2.70. The van der Waals surface area contributed by atoms with Crippen molar-refractivity contribution in [2.45, 2.75) is 0 Å². The number of carbonyl (C=O) groups is 2. The van der Waals surface area contributed by atoms with E-state index in [9.17, 15) is 14.0 Å². The van der Waals surface area contributed by atoms with Gasteiger partial charge in [0.05, 0.1) is 33.2 Å². The van der Waals surface area contributed by atoms with Crippen molar-refractivity contribution in [2.24, 2.45) is 0 Å². The Hall–Kier alpha value is -4.34. The van der Waals surface area contributed by atoms with Crippen LogP contribution in [-0.2, 0) is 0 Å². The highest BCUT2D eigenvalue weighted by molar-refractivity contribution is 6.09. The van der Waals surface area contributed by atoms with Gasteiger partial charge in [-0.15, -0.1) is 0 Å². The van der Waals surface area contributed by atoms with Gasteiger partial charge in [0, 0.05) is 24.3 Å². The quantitative estimate of drug-likeness (QED) is 0.571. The highest BCUT2D eigenvalue weighted by Crippen LogP contribution is 2.30. The van der Waals surface area contributed by atoms with Crippen LogP contribution in [0.15, 0.2) is 54.7 Å². The van der Waals surface area contributed by atoms with Gasteiger partial charge in [0.25, 0.3) is 5.91 Å². The van der Waals surface area contributed by atoms with Crippen molar-refractivity contribution < 1.29 is 32.9 Å². The lowest BCUT2D eigenvalue weighted by atomic mass is 10.1. The predicted molar refractivity (Wildman–Crippen MR) is 113 cm³/mol. The molecule has 3 aromatic rings. The summed E-state index contributed by atoms with van der Waals surface area (Å²) < 4.78 is 35.0. The molecule has 0 unspecified atom stereocenters. The lowest BCUT2D eigenvalue weighted by Gasteiger charge is -2.11. The summed E-state index contributed by atoms with van der Waals surface area (Å²) in [6, 6.07) is 11.1. The number of nitrogens with one attached hydrogen (secondary N) is 2. The Morgan fingerprint density at radius 2 is 1.59 bits per heavy atom. The Kier molecular flexibility index (Phi) is 7.06. The summed E-state index contributed by atoms with van der Waals surface area (Å²) in [5.74, 6) is 0.0305. The molecule has 3 rings (SSSR count). The van der Waals surface area contributed by atoms with Crippen LogP contribution in [0.1, 0.15) is 10.4 Å². The molecule has 32 heavy (non-hydrogen) atoms. The Bertz CT molecular complexity index is 1100. The minimum atomic E-state index is -0.947. The number of aromatic nitrogens is 1. The fourth-order valence-electron chi connectivity index (χ4n) is 2.70. The fraction of sp³-hybridized carbons (Fsp3) is 0.136. The smallest absolute Gasteiger partial charge is 0.326 e. The van der Waals surface area contributed by atoms with Crippen molar-refractivity contribution in [1.82, 2.24) is 10.3 Å². The molecule has 0 spiro atoms. The van der Waals surface area contributed by atoms with Crippen molar-refractivity contribution in [1.29, 1.82) is 0 Å². The maximum Gasteiger partial charge on any atom is 0.326 e. The van der Waals surface area contributed by atoms with E-state index in [2.05, 4.69) is 10.3 Å². The summed E-state index contributed by atoms with van der Waals surface area (Å²) in [4.78, 5) is 28.5. The number of imide groups is 1. The van der Waals surface area contributed by atoms with Gasteiger partial charge >= 0.3 is 6.03 Å². The first-order valence-electron chi connectivity index (χ1n) is 9.25. The van der Waals surface area contributed by atoms with E-state index in [0.717, 1.165) is 6.07 Å². The van der Waals surface area contributed by atoms with Gasteiger partial charge in [0.1, 0.15) is 34.4 Å². The molecule has 0 saturated heterocycles. The molecular formula is C22H20FN3O6. The Balaban J connectivity index is 1.64. The van der Waals surface area contributed by atoms with E-state index < -0.39 is 17.8 Å². The van der Waals surface area contributed by atoms with Gasteiger partial charge in [-0.1, -0.05) is 6.07 Å². The molecule has 1 aromatic heterocycles. The molecule has 0 aliphatic heterocycles. The molecule has 9 nitrogen and oxygen atoms in total. The maximum atomic E-state index is 14.0. The van der Waals surface area contributed by atoms with Crippen LogP contribution in [-0.4, -0.2) is 38.3 Å². The predicted octanol–water partition coefficient (Wildman–Crippen LogP) is 4.00. The molecule has 0 fully saturated rings. The Labute approximate surface area is 183 Å². The van der Waals surface area contributed by atoms with E-state index in [1.54, 1.807) is 18.2 Å². The molecular weight excluding hydrogens is 421 g/mol. The summed E-state index contributed by atoms with van der Waals surface area (Å²) in [7, 11) is 4.34. The van der Waals surface area contributed by atoms with Crippen LogP contribution in [0.5, 0.6) is 28.9 Å². The molecule has 0 saturated carbocycles. The van der Waals surface area contributed by atoms with Crippen LogP contribution >= 0.6 is 0 Å². The Morgan fingerprint density at radius 1 is 0.906 bits per heavy atom. The third kappa shape index (κ3) is 5.42. The lowest BCUT2D eigenvalue weighted by molar-refractivity contribution is 0.0960. The monoisotopic (exact) mass is 441 g/mol. The minimum absolute atomic E-state index is 0.00708. The van der Waals surface area contributed by atoms with Gasteiger partial charge in [-0.3, -0.25) is 10.1 Å². The van der Waals surface area contributed by atoms with Gasteiger partial charge in [0.2, 0.25) is 5.88 Å². The van der Waals surface area contributed by atoms with Crippen LogP contribution in [0, 0.1) is 5.82 Å². The normalized spacial score (nSPS) is 10.1. The van der Waals surface area contributed by atoms with Crippen LogP contribution in [0.2, 0.25) is 0 Å². The van der Waals surface area contributed by atoms with E-state index in [-0.39, 0.29) is 22.9 Å². The molecule has 0 aliphatic carbocycles. The van der Waals surface area contributed by atoms with E-state index in [4.69, 9.17) is 18.9 Å². The van der Waals surface area contributed by atoms with E-state index >= 15 is 0 Å². The minimum Gasteiger partial charge on any atom is -0.496 e. The zero-order valence-electron chi connectivity index (χ0n) is 17.5. The number of pyridine rings is 1. The van der Waals surface area contributed by atoms with E-state index in [1.807, 2.05) is 5.32 Å². The first-order chi connectivity index (χ1) is 15.4. The van der Waals surface area contributed by atoms with Crippen LogP contribution in [0.4, 0.5) is 14.9 Å². The van der Waals surface area contributed by atoms with Crippen molar-refractivity contribution >= 4 is 17.6 Å². The number of amides is 3. The highest BCUT2D eigenvalue weighted by Gasteiger charge is 2.19. The van der Waals surface area contributed by atoms with Crippen molar-refractivity contribution in [3.8, 4) is 28.9 Å². The molecule has 0 radical (unpaired) electrons. The number of ether oxygens (including phenoxy) is 4. The number of carbonyl (C=O) groups excluding carboxylic acids is 2. The average Bonchev–Trinajstić information content (AvgIpc) is 2.79. The van der Waals surface area contributed by atoms with Crippen LogP contribution in [0.25, 0.3) is 0 Å². The van der Waals surface area contributed by atoms with Crippen LogP contribution < -0.4 is 29.6 Å². The SMILES string of the molecule is COc1cc(OC)cc(Oc2ccc(NC(=O)NC(=O)c3c(F)cccc3OC)cn2)c1. The number of hydrogen-bond donors (Lipinski definition) is 2. The van der Waals surface area contributed by atoms with Crippen LogP contribution in [0.3, 0.4) is 0 Å². The second-order valence-corrected chi connectivity index (χ2v) is 6.26. The van der Waals surface area contributed by atoms with E-state index in [0.29, 0.717) is 17.2 Å². The zero-order valence-corrected chi connectivity index (χ0v) is 17.5. The van der Waals surface area contributed by atoms with Gasteiger partial charge in [-0.05, 0) is 18.2 Å². The average molecular weight is 441 g/mol. The molecule has 10 heteroatoms. The molecule has 166 valence electrons. The maximum absolute atomic E-state index is 14.0. The third-order valence-electron chi connectivity index (χ3n) is 4.19. The van der Waals surface area contributed by atoms with Gasteiger partial charge in [0.15, 0.2) is 0 Å². The molecule has 0 bridgehead atoms. The summed E-state index contributed by atoms with van der Waals surface area (Å²) in [6.45, 7) is 0. The number of urea groups is 1. The number of hydrogen-bond acceptors (Lipinski definition) is 7. The summed E-state index contributed by atoms with van der Waals surface area (Å²) >= 11 is 0. The van der Waals surface area contributed by atoms with Crippen molar-refractivity contribution in [3.05, 3.63) is 66.1 Å². The Morgan fingerprint density at radius 3 is 2.19 bits per heavy atom. The highest BCUT2D eigenvalue weighted by atomic mass is 19.1. The molecule has 3 amide bonds. The van der Waals surface area contributed by atoms with Gasteiger partial charge in [-0.25, -0.2) is 14.2 Å². The number of benzene rings is 2. The topological polar surface area (TPSA) is 108 Å². The lowest BCUT2D eigenvalue weighted by Crippen LogP contribution is -2.35. The summed E-state index contributed by atoms with van der Waals surface area (Å²) in [5, 5.41) is 4.48. The first-order valence-corrected chi connectivity index (χ1v) is 9.25. The van der Waals surface area contributed by atoms with Gasteiger partial charge in [-0.2, -0.15) is 0 Å². The molecule has 2 aromatic carbocycles.